The van der Waals surface area contributed by atoms with E-state index in [9.17, 15) is 4.79 Å². The zero-order chi connectivity index (χ0) is 15.9. The summed E-state index contributed by atoms with van der Waals surface area (Å²) in [6.45, 7) is 6.77. The molecule has 0 saturated heterocycles. The zero-order valence-corrected chi connectivity index (χ0v) is 13.3. The van der Waals surface area contributed by atoms with Crippen LogP contribution in [0.1, 0.15) is 43.1 Å². The molecule has 2 rings (SSSR count). The van der Waals surface area contributed by atoms with Crippen molar-refractivity contribution in [3.63, 3.8) is 0 Å². The van der Waals surface area contributed by atoms with Gasteiger partial charge in [0, 0.05) is 18.3 Å². The number of nitrogens with one attached hydrogen (secondary N) is 1. The highest BCUT2D eigenvalue weighted by Gasteiger charge is 2.15. The van der Waals surface area contributed by atoms with Crippen molar-refractivity contribution in [1.82, 2.24) is 4.98 Å². The summed E-state index contributed by atoms with van der Waals surface area (Å²) < 4.78 is 5.78. The minimum atomic E-state index is -0.0568. The van der Waals surface area contributed by atoms with Crippen LogP contribution in [0.3, 0.4) is 0 Å². The Morgan fingerprint density at radius 1 is 1.27 bits per heavy atom. The molecule has 1 aromatic carbocycles. The molecule has 0 bridgehead atoms. The van der Waals surface area contributed by atoms with E-state index in [1.54, 1.807) is 30.5 Å². The van der Waals surface area contributed by atoms with E-state index in [2.05, 4.69) is 17.2 Å². The van der Waals surface area contributed by atoms with Gasteiger partial charge in [-0.3, -0.25) is 4.79 Å². The predicted molar refractivity (Wildman–Crippen MR) is 88.7 cm³/mol. The Balaban J connectivity index is 2.28. The smallest absolute Gasteiger partial charge is 0.196 e. The van der Waals surface area contributed by atoms with Crippen LogP contribution in [0.25, 0.3) is 0 Å². The van der Waals surface area contributed by atoms with Crippen LogP contribution in [0.4, 0.5) is 5.82 Å². The molecule has 1 heterocycles. The second-order valence-electron chi connectivity index (χ2n) is 5.12. The van der Waals surface area contributed by atoms with E-state index in [-0.39, 0.29) is 11.9 Å². The van der Waals surface area contributed by atoms with Crippen LogP contribution < -0.4 is 10.1 Å². The molecular weight excluding hydrogens is 276 g/mol. The Morgan fingerprint density at radius 3 is 2.82 bits per heavy atom. The van der Waals surface area contributed by atoms with E-state index in [1.807, 2.05) is 26.0 Å². The number of rotatable bonds is 7. The number of ether oxygens (including phenoxy) is 1. The summed E-state index contributed by atoms with van der Waals surface area (Å²) in [6.07, 6.45) is 2.73. The topological polar surface area (TPSA) is 51.2 Å². The van der Waals surface area contributed by atoms with E-state index in [0.717, 1.165) is 6.42 Å². The summed E-state index contributed by atoms with van der Waals surface area (Å²) in [5, 5.41) is 3.12. The fourth-order valence-electron chi connectivity index (χ4n) is 2.08. The van der Waals surface area contributed by atoms with E-state index < -0.39 is 0 Å². The number of carbonyl (C=O) groups is 1. The molecule has 0 saturated carbocycles. The van der Waals surface area contributed by atoms with Crippen LogP contribution in [-0.2, 0) is 0 Å². The Labute approximate surface area is 131 Å². The van der Waals surface area contributed by atoms with Crippen LogP contribution in [0.5, 0.6) is 5.75 Å². The van der Waals surface area contributed by atoms with Crippen LogP contribution in [0.2, 0.25) is 0 Å². The van der Waals surface area contributed by atoms with Crippen molar-refractivity contribution in [2.24, 2.45) is 0 Å². The first-order chi connectivity index (χ1) is 10.7. The van der Waals surface area contributed by atoms with Gasteiger partial charge in [-0.05, 0) is 44.5 Å². The third kappa shape index (κ3) is 3.85. The van der Waals surface area contributed by atoms with Gasteiger partial charge >= 0.3 is 0 Å². The standard InChI is InChI=1S/C18H22N2O2/c1-4-13(3)22-15-9-6-8-14(12-15)17(21)16-10-7-11-20-18(16)19-5-2/h6-13H,4-5H2,1-3H3,(H,19,20). The van der Waals surface area contributed by atoms with E-state index >= 15 is 0 Å². The Morgan fingerprint density at radius 2 is 2.09 bits per heavy atom. The summed E-state index contributed by atoms with van der Waals surface area (Å²) in [5.74, 6) is 1.27. The van der Waals surface area contributed by atoms with Crippen molar-refractivity contribution in [2.75, 3.05) is 11.9 Å². The van der Waals surface area contributed by atoms with Crippen molar-refractivity contribution in [3.8, 4) is 5.75 Å². The second-order valence-corrected chi connectivity index (χ2v) is 5.12. The minimum absolute atomic E-state index is 0.0568. The lowest BCUT2D eigenvalue weighted by Crippen LogP contribution is -2.11. The number of anilines is 1. The molecule has 0 aliphatic carbocycles. The molecule has 0 spiro atoms. The predicted octanol–water partition coefficient (Wildman–Crippen LogP) is 3.92. The van der Waals surface area contributed by atoms with Crippen molar-refractivity contribution in [1.29, 1.82) is 0 Å². The average molecular weight is 298 g/mol. The number of benzene rings is 1. The highest BCUT2D eigenvalue weighted by atomic mass is 16.5. The molecule has 1 aromatic heterocycles. The first-order valence-corrected chi connectivity index (χ1v) is 7.66. The maximum Gasteiger partial charge on any atom is 0.196 e. The van der Waals surface area contributed by atoms with Gasteiger partial charge in [-0.2, -0.15) is 0 Å². The summed E-state index contributed by atoms with van der Waals surface area (Å²) in [5.41, 5.74) is 1.18. The zero-order valence-electron chi connectivity index (χ0n) is 13.3. The molecule has 1 unspecified atom stereocenters. The van der Waals surface area contributed by atoms with Crippen LogP contribution in [0.15, 0.2) is 42.6 Å². The van der Waals surface area contributed by atoms with Gasteiger partial charge in [-0.15, -0.1) is 0 Å². The minimum Gasteiger partial charge on any atom is -0.491 e. The quantitative estimate of drug-likeness (QED) is 0.787. The van der Waals surface area contributed by atoms with E-state index in [0.29, 0.717) is 29.2 Å². The lowest BCUT2D eigenvalue weighted by Gasteiger charge is -2.13. The first kappa shape index (κ1) is 16.0. The number of pyridine rings is 1. The monoisotopic (exact) mass is 298 g/mol. The van der Waals surface area contributed by atoms with Gasteiger partial charge in [0.25, 0.3) is 0 Å². The van der Waals surface area contributed by atoms with E-state index in [4.69, 9.17) is 4.74 Å². The molecule has 4 heteroatoms. The Kier molecular flexibility index (Phi) is 5.53. The molecule has 0 aliphatic heterocycles. The summed E-state index contributed by atoms with van der Waals surface area (Å²) in [4.78, 5) is 16.9. The molecule has 1 atom stereocenters. The third-order valence-electron chi connectivity index (χ3n) is 3.40. The fourth-order valence-corrected chi connectivity index (χ4v) is 2.08. The van der Waals surface area contributed by atoms with Gasteiger partial charge in [0.05, 0.1) is 11.7 Å². The summed E-state index contributed by atoms with van der Waals surface area (Å²) in [6, 6.07) is 10.9. The summed E-state index contributed by atoms with van der Waals surface area (Å²) in [7, 11) is 0. The first-order valence-electron chi connectivity index (χ1n) is 7.66. The normalized spacial score (nSPS) is 11.8. The molecule has 0 aliphatic rings. The Hall–Kier alpha value is -2.36. The van der Waals surface area contributed by atoms with Gasteiger partial charge in [-0.1, -0.05) is 19.1 Å². The largest absolute Gasteiger partial charge is 0.491 e. The molecular formula is C18H22N2O2. The van der Waals surface area contributed by atoms with Crippen LogP contribution in [-0.4, -0.2) is 23.4 Å². The number of carbonyl (C=O) groups excluding carboxylic acids is 1. The van der Waals surface area contributed by atoms with Gasteiger partial charge in [0.2, 0.25) is 0 Å². The molecule has 22 heavy (non-hydrogen) atoms. The molecule has 116 valence electrons. The number of nitrogens with zero attached hydrogens (tertiary/aromatic N) is 1. The highest BCUT2D eigenvalue weighted by molar-refractivity contribution is 6.12. The fraction of sp³-hybridized carbons (Fsp3) is 0.333. The van der Waals surface area contributed by atoms with Crippen LogP contribution in [0, 0.1) is 0 Å². The number of hydrogen-bond donors (Lipinski definition) is 1. The lowest BCUT2D eigenvalue weighted by atomic mass is 10.0. The average Bonchev–Trinajstić information content (AvgIpc) is 2.55. The maximum absolute atomic E-state index is 12.7. The number of aromatic nitrogens is 1. The third-order valence-corrected chi connectivity index (χ3v) is 3.40. The van der Waals surface area contributed by atoms with E-state index in [1.165, 1.54) is 0 Å². The van der Waals surface area contributed by atoms with Crippen molar-refractivity contribution in [2.45, 2.75) is 33.3 Å². The SMILES string of the molecule is CCNc1ncccc1C(=O)c1cccc(OC(C)CC)c1. The van der Waals surface area contributed by atoms with Crippen molar-refractivity contribution < 1.29 is 9.53 Å². The van der Waals surface area contributed by atoms with Crippen molar-refractivity contribution >= 4 is 11.6 Å². The maximum atomic E-state index is 12.7. The Bertz CT molecular complexity index is 640. The second kappa shape index (κ2) is 7.59. The molecule has 4 nitrogen and oxygen atoms in total. The number of ketones is 1. The van der Waals surface area contributed by atoms with Crippen molar-refractivity contribution in [3.05, 3.63) is 53.7 Å². The van der Waals surface area contributed by atoms with Gasteiger partial charge in [-0.25, -0.2) is 4.98 Å². The molecule has 0 fully saturated rings. The van der Waals surface area contributed by atoms with Crippen LogP contribution >= 0.6 is 0 Å². The molecule has 2 aromatic rings. The molecule has 1 N–H and O–H groups in total. The molecule has 0 radical (unpaired) electrons. The van der Waals surface area contributed by atoms with Gasteiger partial charge in [0.15, 0.2) is 5.78 Å². The number of hydrogen-bond acceptors (Lipinski definition) is 4. The molecule has 0 amide bonds. The van der Waals surface area contributed by atoms with Gasteiger partial charge in [0.1, 0.15) is 11.6 Å². The van der Waals surface area contributed by atoms with Gasteiger partial charge < -0.3 is 10.1 Å². The summed E-state index contributed by atoms with van der Waals surface area (Å²) >= 11 is 0. The highest BCUT2D eigenvalue weighted by Crippen LogP contribution is 2.21. The lowest BCUT2D eigenvalue weighted by molar-refractivity contribution is 0.103.